The van der Waals surface area contributed by atoms with E-state index < -0.39 is 41.9 Å². The van der Waals surface area contributed by atoms with Gasteiger partial charge in [0.25, 0.3) is 0 Å². The fraction of sp³-hybridized carbons (Fsp3) is 0.526. The van der Waals surface area contributed by atoms with E-state index in [9.17, 15) is 24.1 Å². The van der Waals surface area contributed by atoms with E-state index >= 15 is 0 Å². The summed E-state index contributed by atoms with van der Waals surface area (Å²) in [6, 6.07) is 2.66. The van der Waals surface area contributed by atoms with Crippen molar-refractivity contribution in [1.82, 2.24) is 15.7 Å². The SMILES string of the molecule is CONC1=NCNC2C1C=CN2[C@@H]1C[C@H]([C@H](O)c2ccc(F)c(F)c2)[C@@H](O)[C@H]1O. The molecule has 1 aromatic rings. The predicted molar refractivity (Wildman–Crippen MR) is 99.1 cm³/mol. The topological polar surface area (TPSA) is 110 Å². The normalized spacial score (nSPS) is 34.8. The van der Waals surface area contributed by atoms with Gasteiger partial charge >= 0.3 is 0 Å². The third kappa shape index (κ3) is 3.51. The van der Waals surface area contributed by atoms with E-state index in [1.807, 2.05) is 17.2 Å². The summed E-state index contributed by atoms with van der Waals surface area (Å²) >= 11 is 0. The molecule has 10 heteroatoms. The molecule has 1 fully saturated rings. The van der Waals surface area contributed by atoms with Gasteiger partial charge in [-0.1, -0.05) is 12.1 Å². The Balaban J connectivity index is 1.51. The number of nitrogens with one attached hydrogen (secondary N) is 2. The zero-order chi connectivity index (χ0) is 20.7. The second-order valence-electron chi connectivity index (χ2n) is 7.54. The molecule has 2 unspecified atom stereocenters. The Morgan fingerprint density at radius 1 is 1.28 bits per heavy atom. The zero-order valence-corrected chi connectivity index (χ0v) is 15.7. The van der Waals surface area contributed by atoms with E-state index in [2.05, 4.69) is 15.8 Å². The lowest BCUT2D eigenvalue weighted by atomic mass is 9.92. The van der Waals surface area contributed by atoms with Crippen LogP contribution in [-0.4, -0.2) is 64.2 Å². The van der Waals surface area contributed by atoms with Crippen molar-refractivity contribution in [2.24, 2.45) is 16.8 Å². The van der Waals surface area contributed by atoms with Crippen molar-refractivity contribution in [2.75, 3.05) is 13.8 Å². The lowest BCUT2D eigenvalue weighted by Gasteiger charge is -2.38. The van der Waals surface area contributed by atoms with E-state index in [1.54, 1.807) is 0 Å². The third-order valence-electron chi connectivity index (χ3n) is 5.97. The smallest absolute Gasteiger partial charge is 0.159 e. The van der Waals surface area contributed by atoms with E-state index in [-0.39, 0.29) is 24.1 Å². The van der Waals surface area contributed by atoms with E-state index in [0.29, 0.717) is 12.5 Å². The first kappa shape index (κ1) is 20.2. The summed E-state index contributed by atoms with van der Waals surface area (Å²) in [4.78, 5) is 11.2. The Kier molecular flexibility index (Phi) is 5.54. The molecule has 1 aromatic carbocycles. The number of fused-ring (bicyclic) bond motifs is 1. The lowest BCUT2D eigenvalue weighted by molar-refractivity contribution is -0.0341. The Morgan fingerprint density at radius 2 is 2.07 bits per heavy atom. The van der Waals surface area contributed by atoms with Gasteiger partial charge in [-0.15, -0.1) is 0 Å². The fourth-order valence-corrected chi connectivity index (χ4v) is 4.50. The number of nitrogens with zero attached hydrogens (tertiary/aromatic N) is 2. The van der Waals surface area contributed by atoms with Crippen molar-refractivity contribution in [1.29, 1.82) is 0 Å². The van der Waals surface area contributed by atoms with Gasteiger partial charge in [0.15, 0.2) is 11.6 Å². The Bertz CT molecular complexity index is 823. The van der Waals surface area contributed by atoms with Crippen molar-refractivity contribution in [3.63, 3.8) is 0 Å². The minimum atomic E-state index is -1.24. The first-order valence-corrected chi connectivity index (χ1v) is 9.44. The molecule has 0 bridgehead atoms. The van der Waals surface area contributed by atoms with Crippen molar-refractivity contribution in [3.8, 4) is 0 Å². The van der Waals surface area contributed by atoms with Gasteiger partial charge in [-0.3, -0.25) is 20.6 Å². The number of benzene rings is 1. The summed E-state index contributed by atoms with van der Waals surface area (Å²) in [5, 5.41) is 35.2. The maximum atomic E-state index is 13.6. The number of hydroxylamine groups is 1. The highest BCUT2D eigenvalue weighted by atomic mass is 19.2. The highest BCUT2D eigenvalue weighted by Crippen LogP contribution is 2.41. The number of hydrogen-bond donors (Lipinski definition) is 5. The standard InChI is InChI=1S/C19H24F2N4O4/c1-29-24-18-10-4-5-25(19(10)23-8-22-18)14-7-11(16(27)17(14)28)15(26)9-2-3-12(20)13(21)6-9/h2-6,10-11,14-17,19,23,26-28H,7-8H2,1H3,(H,22,24)/t10?,11-,14-,15-,16-,17+,19?/m1/s1. The van der Waals surface area contributed by atoms with Gasteiger partial charge < -0.3 is 20.2 Å². The second kappa shape index (κ2) is 7.96. The molecule has 0 aromatic heterocycles. The summed E-state index contributed by atoms with van der Waals surface area (Å²) in [6.45, 7) is 0.358. The molecule has 4 rings (SSSR count). The van der Waals surface area contributed by atoms with Gasteiger partial charge in [0.2, 0.25) is 0 Å². The molecule has 2 aliphatic heterocycles. The van der Waals surface area contributed by atoms with Crippen LogP contribution in [0.2, 0.25) is 0 Å². The van der Waals surface area contributed by atoms with Crippen LogP contribution in [-0.2, 0) is 4.84 Å². The van der Waals surface area contributed by atoms with Gasteiger partial charge in [0.05, 0.1) is 44.1 Å². The van der Waals surface area contributed by atoms with E-state index in [1.165, 1.54) is 13.2 Å². The van der Waals surface area contributed by atoms with Crippen LogP contribution < -0.4 is 10.8 Å². The molecule has 0 spiro atoms. The van der Waals surface area contributed by atoms with Crippen LogP contribution in [0.25, 0.3) is 0 Å². The largest absolute Gasteiger partial charge is 0.390 e. The maximum Gasteiger partial charge on any atom is 0.159 e. The molecule has 1 saturated carbocycles. The summed E-state index contributed by atoms with van der Waals surface area (Å²) in [6.07, 6.45) is 0.229. The van der Waals surface area contributed by atoms with Gasteiger partial charge in [-0.25, -0.2) is 8.78 Å². The van der Waals surface area contributed by atoms with E-state index in [4.69, 9.17) is 4.84 Å². The van der Waals surface area contributed by atoms with Gasteiger partial charge in [0, 0.05) is 5.92 Å². The number of rotatable bonds is 4. The average molecular weight is 410 g/mol. The average Bonchev–Trinajstić information content (AvgIpc) is 3.26. The number of amidine groups is 1. The van der Waals surface area contributed by atoms with Crippen LogP contribution in [0.3, 0.4) is 0 Å². The number of halogens is 2. The molecule has 29 heavy (non-hydrogen) atoms. The number of aliphatic hydroxyl groups is 3. The summed E-state index contributed by atoms with van der Waals surface area (Å²) < 4.78 is 26.8. The van der Waals surface area contributed by atoms with Crippen LogP contribution in [0, 0.1) is 23.5 Å². The fourth-order valence-electron chi connectivity index (χ4n) is 4.50. The van der Waals surface area contributed by atoms with Crippen molar-refractivity contribution >= 4 is 5.84 Å². The van der Waals surface area contributed by atoms with Crippen molar-refractivity contribution in [3.05, 3.63) is 47.7 Å². The number of aliphatic imine (C=N–C) groups is 1. The van der Waals surface area contributed by atoms with E-state index in [0.717, 1.165) is 12.1 Å². The van der Waals surface area contributed by atoms with Gasteiger partial charge in [-0.2, -0.15) is 0 Å². The summed E-state index contributed by atoms with van der Waals surface area (Å²) in [7, 11) is 1.50. The molecule has 8 nitrogen and oxygen atoms in total. The first-order chi connectivity index (χ1) is 13.9. The van der Waals surface area contributed by atoms with Crippen LogP contribution in [0.5, 0.6) is 0 Å². The zero-order valence-electron chi connectivity index (χ0n) is 15.7. The van der Waals surface area contributed by atoms with Crippen LogP contribution in [0.1, 0.15) is 18.1 Å². The highest BCUT2D eigenvalue weighted by molar-refractivity contribution is 5.87. The molecular weight excluding hydrogens is 386 g/mol. The minimum absolute atomic E-state index is 0.122. The van der Waals surface area contributed by atoms with Gasteiger partial charge in [0.1, 0.15) is 11.9 Å². The summed E-state index contributed by atoms with van der Waals surface area (Å²) in [5.41, 5.74) is 2.92. The highest BCUT2D eigenvalue weighted by Gasteiger charge is 2.50. The molecule has 0 amide bonds. The molecule has 3 aliphatic rings. The van der Waals surface area contributed by atoms with Crippen molar-refractivity contribution < 1.29 is 28.9 Å². The Morgan fingerprint density at radius 3 is 2.79 bits per heavy atom. The molecule has 2 heterocycles. The lowest BCUT2D eigenvalue weighted by Crippen LogP contribution is -2.56. The molecule has 1 aliphatic carbocycles. The molecule has 5 N–H and O–H groups in total. The summed E-state index contributed by atoms with van der Waals surface area (Å²) in [5.74, 6) is -2.28. The molecule has 7 atom stereocenters. The number of hydrogen-bond acceptors (Lipinski definition) is 8. The Labute approximate surface area is 166 Å². The van der Waals surface area contributed by atoms with Crippen LogP contribution >= 0.6 is 0 Å². The monoisotopic (exact) mass is 410 g/mol. The molecule has 0 saturated heterocycles. The van der Waals surface area contributed by atoms with Crippen LogP contribution in [0.4, 0.5) is 8.78 Å². The third-order valence-corrected chi connectivity index (χ3v) is 5.97. The molecule has 158 valence electrons. The second-order valence-corrected chi connectivity index (χ2v) is 7.54. The predicted octanol–water partition coefficient (Wildman–Crippen LogP) is -0.00970. The quantitative estimate of drug-likeness (QED) is 0.444. The maximum absolute atomic E-state index is 13.6. The van der Waals surface area contributed by atoms with Gasteiger partial charge in [-0.05, 0) is 30.3 Å². The van der Waals surface area contributed by atoms with Crippen LogP contribution in [0.15, 0.2) is 35.5 Å². The number of aliphatic hydroxyl groups excluding tert-OH is 3. The Hall–Kier alpha value is -2.11. The molecular formula is C19H24F2N4O4. The van der Waals surface area contributed by atoms with Crippen molar-refractivity contribution in [2.45, 2.75) is 36.9 Å². The molecule has 0 radical (unpaired) electrons. The first-order valence-electron chi connectivity index (χ1n) is 9.44. The minimum Gasteiger partial charge on any atom is -0.390 e.